The molecule has 0 aromatic rings. The molecule has 6 heavy (non-hydrogen) atoms. The Labute approximate surface area is 41.1 Å². The highest BCUT2D eigenvalue weighted by Gasteiger charge is 1.68. The molecule has 1 nitrogen and oxygen atoms in total. The summed E-state index contributed by atoms with van der Waals surface area (Å²) < 4.78 is 4.81. The minimum atomic E-state index is 0.476. The van der Waals surface area contributed by atoms with Crippen molar-refractivity contribution in [3.8, 4) is 12.3 Å². The molecule has 0 aliphatic carbocycles. The first-order valence-corrected chi connectivity index (χ1v) is 3.34. The molecule has 0 radical (unpaired) electrons. The molecule has 0 spiro atoms. The lowest BCUT2D eigenvalue weighted by atomic mass is 10.8. The van der Waals surface area contributed by atoms with Crippen LogP contribution in [0.2, 0.25) is 0 Å². The SMILES string of the molecule is C#CCOC[SiH3]. The van der Waals surface area contributed by atoms with Crippen LogP contribution in [0.15, 0.2) is 0 Å². The summed E-state index contributed by atoms with van der Waals surface area (Å²) in [5.74, 6) is 2.37. The summed E-state index contributed by atoms with van der Waals surface area (Å²) in [5.41, 5.74) is 0. The van der Waals surface area contributed by atoms with Crippen LogP contribution in [0.4, 0.5) is 0 Å². The monoisotopic (exact) mass is 100 g/mol. The first-order valence-electron chi connectivity index (χ1n) is 1.93. The van der Waals surface area contributed by atoms with Crippen LogP contribution >= 0.6 is 0 Å². The third kappa shape index (κ3) is 3.74. The maximum Gasteiger partial charge on any atom is 0.106 e. The largest absolute Gasteiger partial charge is 0.373 e. The molecule has 0 saturated heterocycles. The van der Waals surface area contributed by atoms with Gasteiger partial charge in [-0.15, -0.1) is 6.42 Å². The zero-order valence-corrected chi connectivity index (χ0v) is 5.90. The van der Waals surface area contributed by atoms with E-state index in [4.69, 9.17) is 11.2 Å². The van der Waals surface area contributed by atoms with Gasteiger partial charge in [0.1, 0.15) is 6.61 Å². The summed E-state index contributed by atoms with van der Waals surface area (Å²) in [6.07, 6.45) is 5.71. The third-order valence-corrected chi connectivity index (χ3v) is 0.798. The molecule has 0 aromatic carbocycles. The molecular formula is C4H8OSi. The molecule has 0 amide bonds. The first kappa shape index (κ1) is 5.74. The number of terminal acetylenes is 1. The predicted octanol–water partition coefficient (Wildman–Crippen LogP) is -1.04. The van der Waals surface area contributed by atoms with Crippen LogP contribution in [0.5, 0.6) is 0 Å². The normalized spacial score (nSPS) is 7.83. The fourth-order valence-electron chi connectivity index (χ4n) is 0.161. The lowest BCUT2D eigenvalue weighted by molar-refractivity contribution is 0.218. The van der Waals surface area contributed by atoms with E-state index in [1.54, 1.807) is 0 Å². The van der Waals surface area contributed by atoms with E-state index >= 15 is 0 Å². The molecule has 0 atom stereocenters. The Kier molecular flexibility index (Phi) is 4.53. The molecule has 0 heterocycles. The van der Waals surface area contributed by atoms with Gasteiger partial charge in [-0.2, -0.15) is 0 Å². The number of ether oxygens (including phenoxy) is 1. The van der Waals surface area contributed by atoms with Crippen molar-refractivity contribution in [3.63, 3.8) is 0 Å². The van der Waals surface area contributed by atoms with Crippen LogP contribution < -0.4 is 0 Å². The minimum Gasteiger partial charge on any atom is -0.373 e. The minimum absolute atomic E-state index is 0.476. The number of hydrogen-bond acceptors (Lipinski definition) is 1. The van der Waals surface area contributed by atoms with Crippen molar-refractivity contribution in [1.29, 1.82) is 0 Å². The standard InChI is InChI=1S/C4H8OSi/c1-2-3-5-4-6/h1H,3-4H2,6H3. The van der Waals surface area contributed by atoms with Gasteiger partial charge < -0.3 is 4.74 Å². The van der Waals surface area contributed by atoms with Gasteiger partial charge in [-0.3, -0.25) is 0 Å². The molecule has 2 heteroatoms. The van der Waals surface area contributed by atoms with E-state index in [-0.39, 0.29) is 0 Å². The van der Waals surface area contributed by atoms with Crippen molar-refractivity contribution in [2.24, 2.45) is 0 Å². The zero-order chi connectivity index (χ0) is 4.83. The lowest BCUT2D eigenvalue weighted by Gasteiger charge is -1.86. The Balaban J connectivity index is 2.54. The van der Waals surface area contributed by atoms with Crippen LogP contribution in [0.1, 0.15) is 0 Å². The van der Waals surface area contributed by atoms with Crippen LogP contribution in [0, 0.1) is 12.3 Å². The summed E-state index contributed by atoms with van der Waals surface area (Å²) in [6, 6.07) is 0. The average molecular weight is 100 g/mol. The molecule has 0 aromatic heterocycles. The van der Waals surface area contributed by atoms with E-state index in [0.29, 0.717) is 6.61 Å². The fraction of sp³-hybridized carbons (Fsp3) is 0.500. The Morgan fingerprint density at radius 1 is 1.83 bits per heavy atom. The molecule has 0 rings (SSSR count). The van der Waals surface area contributed by atoms with Crippen molar-refractivity contribution in [2.75, 3.05) is 12.8 Å². The van der Waals surface area contributed by atoms with Gasteiger partial charge in [-0.1, -0.05) is 5.92 Å². The van der Waals surface area contributed by atoms with Gasteiger partial charge in [0.05, 0.1) is 0 Å². The summed E-state index contributed by atoms with van der Waals surface area (Å²) >= 11 is 0. The second-order valence-corrected chi connectivity index (χ2v) is 1.42. The fourth-order valence-corrected chi connectivity index (χ4v) is 0.365. The van der Waals surface area contributed by atoms with Gasteiger partial charge in [-0.05, 0) is 0 Å². The maximum absolute atomic E-state index is 4.86. The Morgan fingerprint density at radius 2 is 2.50 bits per heavy atom. The second-order valence-electron chi connectivity index (χ2n) is 0.841. The molecule has 0 unspecified atom stereocenters. The topological polar surface area (TPSA) is 9.23 Å². The Bertz CT molecular complexity index is 55.1. The Hall–Kier alpha value is -0.263. The van der Waals surface area contributed by atoms with E-state index < -0.39 is 0 Å². The third-order valence-electron chi connectivity index (χ3n) is 0.390. The maximum atomic E-state index is 4.86. The first-order chi connectivity index (χ1) is 2.91. The summed E-state index contributed by atoms with van der Waals surface area (Å²) in [6.45, 7) is 0.476. The van der Waals surface area contributed by atoms with Gasteiger partial charge >= 0.3 is 0 Å². The van der Waals surface area contributed by atoms with Gasteiger partial charge in [0.25, 0.3) is 0 Å². The quantitative estimate of drug-likeness (QED) is 0.245. The Morgan fingerprint density at radius 3 is 2.67 bits per heavy atom. The van der Waals surface area contributed by atoms with Crippen LogP contribution in [0.25, 0.3) is 0 Å². The van der Waals surface area contributed by atoms with E-state index in [0.717, 1.165) is 16.5 Å². The van der Waals surface area contributed by atoms with E-state index in [2.05, 4.69) is 5.92 Å². The molecule has 0 bridgehead atoms. The van der Waals surface area contributed by atoms with E-state index in [1.807, 2.05) is 0 Å². The molecule has 0 fully saturated rings. The molecular weight excluding hydrogens is 92.1 g/mol. The average Bonchev–Trinajstić information content (AvgIpc) is 1.61. The van der Waals surface area contributed by atoms with E-state index in [1.165, 1.54) is 0 Å². The van der Waals surface area contributed by atoms with Gasteiger partial charge in [0.2, 0.25) is 0 Å². The van der Waals surface area contributed by atoms with Crippen LogP contribution in [-0.4, -0.2) is 23.1 Å². The highest BCUT2D eigenvalue weighted by molar-refractivity contribution is 6.08. The van der Waals surface area contributed by atoms with Crippen molar-refractivity contribution in [1.82, 2.24) is 0 Å². The zero-order valence-electron chi connectivity index (χ0n) is 3.90. The summed E-state index contributed by atoms with van der Waals surface area (Å²) in [7, 11) is 1.09. The van der Waals surface area contributed by atoms with Crippen LogP contribution in [-0.2, 0) is 4.74 Å². The summed E-state index contributed by atoms with van der Waals surface area (Å²) in [5, 5.41) is 0. The van der Waals surface area contributed by atoms with Crippen molar-refractivity contribution < 1.29 is 4.74 Å². The summed E-state index contributed by atoms with van der Waals surface area (Å²) in [4.78, 5) is 0. The van der Waals surface area contributed by atoms with E-state index in [9.17, 15) is 0 Å². The number of rotatable bonds is 2. The highest BCUT2D eigenvalue weighted by atomic mass is 28.1. The number of hydrogen-bond donors (Lipinski definition) is 0. The van der Waals surface area contributed by atoms with Gasteiger partial charge in [0.15, 0.2) is 0 Å². The van der Waals surface area contributed by atoms with Crippen molar-refractivity contribution >= 4 is 10.2 Å². The second kappa shape index (κ2) is 4.74. The van der Waals surface area contributed by atoms with Gasteiger partial charge in [0, 0.05) is 16.5 Å². The molecule has 0 saturated carbocycles. The predicted molar refractivity (Wildman–Crippen MR) is 29.6 cm³/mol. The molecule has 34 valence electrons. The highest BCUT2D eigenvalue weighted by Crippen LogP contribution is 1.61. The molecule has 0 aliphatic heterocycles. The van der Waals surface area contributed by atoms with Crippen LogP contribution in [0.3, 0.4) is 0 Å². The smallest absolute Gasteiger partial charge is 0.106 e. The van der Waals surface area contributed by atoms with Crippen molar-refractivity contribution in [3.05, 3.63) is 0 Å². The molecule has 0 N–H and O–H groups in total. The van der Waals surface area contributed by atoms with Crippen molar-refractivity contribution in [2.45, 2.75) is 0 Å². The molecule has 0 aliphatic rings. The van der Waals surface area contributed by atoms with Gasteiger partial charge in [-0.25, -0.2) is 0 Å². The lowest BCUT2D eigenvalue weighted by Crippen LogP contribution is -1.91.